The van der Waals surface area contributed by atoms with Crippen molar-refractivity contribution in [2.45, 2.75) is 19.3 Å². The highest BCUT2D eigenvalue weighted by molar-refractivity contribution is 5.78. The number of carbonyl (C=O) groups excluding carboxylic acids is 2. The van der Waals surface area contributed by atoms with Crippen LogP contribution >= 0.6 is 0 Å². The first-order chi connectivity index (χ1) is 7.01. The summed E-state index contributed by atoms with van der Waals surface area (Å²) < 4.78 is 0. The van der Waals surface area contributed by atoms with Gasteiger partial charge in [0.1, 0.15) is 12.6 Å². The van der Waals surface area contributed by atoms with Gasteiger partial charge in [-0.1, -0.05) is 0 Å². The predicted molar refractivity (Wildman–Crippen MR) is 48.2 cm³/mol. The molecule has 0 aliphatic heterocycles. The number of aldehydes is 2. The quantitative estimate of drug-likeness (QED) is 0.551. The van der Waals surface area contributed by atoms with Gasteiger partial charge in [0, 0.05) is 12.3 Å². The molecule has 0 saturated heterocycles. The van der Waals surface area contributed by atoms with Crippen molar-refractivity contribution in [3.8, 4) is 0 Å². The molecule has 0 aliphatic carbocycles. The largest absolute Gasteiger partial charge is 0.481 e. The van der Waals surface area contributed by atoms with Crippen LogP contribution in [0.25, 0.3) is 0 Å². The highest BCUT2D eigenvalue weighted by Crippen LogP contribution is 2.17. The number of rotatable bonds is 8. The van der Waals surface area contributed by atoms with Gasteiger partial charge in [-0.15, -0.1) is 0 Å². The Labute approximate surface area is 85.9 Å². The summed E-state index contributed by atoms with van der Waals surface area (Å²) in [7, 11) is 0. The lowest BCUT2D eigenvalue weighted by Crippen LogP contribution is -2.22. The Hall–Kier alpha value is -1.72. The van der Waals surface area contributed by atoms with Gasteiger partial charge in [-0.2, -0.15) is 0 Å². The molecule has 2 atom stereocenters. The van der Waals surface area contributed by atoms with Crippen molar-refractivity contribution in [3.05, 3.63) is 0 Å². The summed E-state index contributed by atoms with van der Waals surface area (Å²) in [5.74, 6) is -4.35. The zero-order valence-electron chi connectivity index (χ0n) is 7.96. The lowest BCUT2D eigenvalue weighted by molar-refractivity contribution is -0.149. The summed E-state index contributed by atoms with van der Waals surface area (Å²) in [4.78, 5) is 41.5. The summed E-state index contributed by atoms with van der Waals surface area (Å²) >= 11 is 0. The molecule has 0 amide bonds. The van der Waals surface area contributed by atoms with E-state index < -0.39 is 30.2 Å². The second-order valence-corrected chi connectivity index (χ2v) is 3.17. The summed E-state index contributed by atoms with van der Waals surface area (Å²) in [5.41, 5.74) is 0. The van der Waals surface area contributed by atoms with Gasteiger partial charge in [0.2, 0.25) is 0 Å². The Morgan fingerprint density at radius 2 is 1.80 bits per heavy atom. The molecule has 0 saturated carbocycles. The van der Waals surface area contributed by atoms with Crippen LogP contribution in [0.1, 0.15) is 19.3 Å². The fourth-order valence-corrected chi connectivity index (χ4v) is 1.18. The van der Waals surface area contributed by atoms with Gasteiger partial charge < -0.3 is 19.8 Å². The fraction of sp³-hybridized carbons (Fsp3) is 0.556. The lowest BCUT2D eigenvalue weighted by Gasteiger charge is -2.12. The van der Waals surface area contributed by atoms with E-state index in [4.69, 9.17) is 10.2 Å². The van der Waals surface area contributed by atoms with Crippen LogP contribution in [0.3, 0.4) is 0 Å². The van der Waals surface area contributed by atoms with Crippen LogP contribution in [0.4, 0.5) is 0 Å². The molecule has 0 bridgehead atoms. The van der Waals surface area contributed by atoms with Crippen molar-refractivity contribution in [2.75, 3.05) is 0 Å². The molecule has 0 spiro atoms. The van der Waals surface area contributed by atoms with Crippen molar-refractivity contribution >= 4 is 24.5 Å². The number of hydrogen-bond acceptors (Lipinski definition) is 4. The molecule has 2 unspecified atom stereocenters. The second-order valence-electron chi connectivity index (χ2n) is 3.17. The zero-order chi connectivity index (χ0) is 11.8. The maximum absolute atomic E-state index is 10.6. The molecule has 2 N–H and O–H groups in total. The standard InChI is InChI=1S/C9H12O6/c10-2-1-6(5-11)3-7(9(14)15)4-8(12)13/h2,5-7H,1,3-4H2,(H,12,13)(H,14,15). The molecule has 0 rings (SSSR count). The first kappa shape index (κ1) is 13.3. The fourth-order valence-electron chi connectivity index (χ4n) is 1.18. The van der Waals surface area contributed by atoms with Gasteiger partial charge in [-0.3, -0.25) is 9.59 Å². The third kappa shape index (κ3) is 5.56. The molecule has 15 heavy (non-hydrogen) atoms. The van der Waals surface area contributed by atoms with Crippen LogP contribution in [0.15, 0.2) is 0 Å². The van der Waals surface area contributed by atoms with Gasteiger partial charge >= 0.3 is 11.9 Å². The molecule has 0 heterocycles. The highest BCUT2D eigenvalue weighted by Gasteiger charge is 2.24. The van der Waals surface area contributed by atoms with E-state index in [1.165, 1.54) is 0 Å². The van der Waals surface area contributed by atoms with Crippen LogP contribution in [0.5, 0.6) is 0 Å². The van der Waals surface area contributed by atoms with Crippen LogP contribution in [-0.4, -0.2) is 34.7 Å². The van der Waals surface area contributed by atoms with Gasteiger partial charge in [-0.25, -0.2) is 0 Å². The molecule has 0 radical (unpaired) electrons. The molecule has 0 aromatic carbocycles. The van der Waals surface area contributed by atoms with Crippen LogP contribution in [0, 0.1) is 11.8 Å². The SMILES string of the molecule is O=CCC(C=O)CC(CC(=O)O)C(=O)O. The number of carbonyl (C=O) groups is 4. The number of carboxylic acids is 2. The minimum atomic E-state index is -1.27. The Morgan fingerprint density at radius 1 is 1.20 bits per heavy atom. The van der Waals surface area contributed by atoms with E-state index in [1.807, 2.05) is 0 Å². The summed E-state index contributed by atoms with van der Waals surface area (Å²) in [6.07, 6.45) is 0.250. The van der Waals surface area contributed by atoms with Gasteiger partial charge in [0.05, 0.1) is 12.3 Å². The monoisotopic (exact) mass is 216 g/mol. The normalized spacial score (nSPS) is 13.9. The molecule has 0 aromatic rings. The highest BCUT2D eigenvalue weighted by atomic mass is 16.4. The minimum Gasteiger partial charge on any atom is -0.481 e. The van der Waals surface area contributed by atoms with Gasteiger partial charge in [0.25, 0.3) is 0 Å². The molecule has 84 valence electrons. The van der Waals surface area contributed by atoms with Crippen LogP contribution in [-0.2, 0) is 19.2 Å². The summed E-state index contributed by atoms with van der Waals surface area (Å²) in [6.45, 7) is 0. The average Bonchev–Trinajstić information content (AvgIpc) is 2.14. The topological polar surface area (TPSA) is 109 Å². The Bertz CT molecular complexity index is 259. The predicted octanol–water partition coefficient (Wildman–Crippen LogP) is -0.0439. The molecule has 6 nitrogen and oxygen atoms in total. The Morgan fingerprint density at radius 3 is 2.13 bits per heavy atom. The molecule has 0 fully saturated rings. The van der Waals surface area contributed by atoms with E-state index in [9.17, 15) is 19.2 Å². The van der Waals surface area contributed by atoms with E-state index >= 15 is 0 Å². The molecular formula is C9H12O6. The van der Waals surface area contributed by atoms with E-state index in [2.05, 4.69) is 0 Å². The second kappa shape index (κ2) is 6.69. The van der Waals surface area contributed by atoms with Crippen molar-refractivity contribution < 1.29 is 29.4 Å². The van der Waals surface area contributed by atoms with Crippen molar-refractivity contribution in [1.82, 2.24) is 0 Å². The summed E-state index contributed by atoms with van der Waals surface area (Å²) in [5, 5.41) is 17.1. The maximum atomic E-state index is 10.6. The number of carboxylic acid groups (broad SMARTS) is 2. The minimum absolute atomic E-state index is 0.0765. The third-order valence-electron chi connectivity index (χ3n) is 1.95. The average molecular weight is 216 g/mol. The molecule has 0 aliphatic rings. The molecule has 6 heteroatoms. The Balaban J connectivity index is 4.36. The Kier molecular flexibility index (Phi) is 5.92. The lowest BCUT2D eigenvalue weighted by atomic mass is 9.91. The number of hydrogen-bond donors (Lipinski definition) is 2. The number of aliphatic carboxylic acids is 2. The third-order valence-corrected chi connectivity index (χ3v) is 1.95. The van der Waals surface area contributed by atoms with E-state index in [0.717, 1.165) is 0 Å². The van der Waals surface area contributed by atoms with E-state index in [-0.39, 0.29) is 12.8 Å². The maximum Gasteiger partial charge on any atom is 0.307 e. The molecular weight excluding hydrogens is 204 g/mol. The van der Waals surface area contributed by atoms with Gasteiger partial charge in [0.15, 0.2) is 0 Å². The first-order valence-electron chi connectivity index (χ1n) is 4.34. The van der Waals surface area contributed by atoms with Crippen LogP contribution in [0.2, 0.25) is 0 Å². The first-order valence-corrected chi connectivity index (χ1v) is 4.34. The van der Waals surface area contributed by atoms with Crippen molar-refractivity contribution in [2.24, 2.45) is 11.8 Å². The van der Waals surface area contributed by atoms with Crippen molar-refractivity contribution in [1.29, 1.82) is 0 Å². The molecule has 0 aromatic heterocycles. The van der Waals surface area contributed by atoms with E-state index in [1.54, 1.807) is 0 Å². The zero-order valence-corrected chi connectivity index (χ0v) is 7.96. The smallest absolute Gasteiger partial charge is 0.307 e. The van der Waals surface area contributed by atoms with E-state index in [0.29, 0.717) is 12.6 Å². The summed E-state index contributed by atoms with van der Waals surface area (Å²) in [6, 6.07) is 0. The van der Waals surface area contributed by atoms with Crippen LogP contribution < -0.4 is 0 Å². The van der Waals surface area contributed by atoms with Gasteiger partial charge in [-0.05, 0) is 6.42 Å². The van der Waals surface area contributed by atoms with Crippen molar-refractivity contribution in [3.63, 3.8) is 0 Å².